The van der Waals surface area contributed by atoms with E-state index in [2.05, 4.69) is 12.6 Å². The summed E-state index contributed by atoms with van der Waals surface area (Å²) in [5, 5.41) is 0.0234. The fourth-order valence-corrected chi connectivity index (χ4v) is 0.902. The summed E-state index contributed by atoms with van der Waals surface area (Å²) in [6.45, 7) is 0. The molecule has 0 radical (unpaired) electrons. The quantitative estimate of drug-likeness (QED) is 0.462. The Morgan fingerprint density at radius 3 is 2.60 bits per heavy atom. The van der Waals surface area contributed by atoms with Crippen LogP contribution >= 0.6 is 24.2 Å². The minimum absolute atomic E-state index is 0.0234. The van der Waals surface area contributed by atoms with Crippen LogP contribution < -0.4 is 5.73 Å². The second-order valence-electron chi connectivity index (χ2n) is 1.83. The van der Waals surface area contributed by atoms with E-state index in [4.69, 9.17) is 17.3 Å². The standard InChI is InChI=1S/C6H5ClFNS/c7-3-1-5(9)6(10)2-4(3)8/h1-2,10H,9H2. The van der Waals surface area contributed by atoms with Gasteiger partial charge in [-0.3, -0.25) is 0 Å². The highest BCUT2D eigenvalue weighted by Crippen LogP contribution is 2.23. The molecule has 0 saturated heterocycles. The Balaban J connectivity index is 3.28. The third-order valence-electron chi connectivity index (χ3n) is 1.07. The lowest BCUT2D eigenvalue weighted by Gasteiger charge is -1.99. The molecule has 1 aromatic rings. The van der Waals surface area contributed by atoms with Crippen LogP contribution in [0.25, 0.3) is 0 Å². The number of halogens is 2. The molecule has 54 valence electrons. The van der Waals surface area contributed by atoms with Gasteiger partial charge in [0.05, 0.1) is 5.02 Å². The molecule has 1 nitrogen and oxygen atoms in total. The van der Waals surface area contributed by atoms with E-state index in [1.54, 1.807) is 0 Å². The van der Waals surface area contributed by atoms with Crippen molar-refractivity contribution in [2.45, 2.75) is 4.90 Å². The molecule has 0 aromatic heterocycles. The summed E-state index contributed by atoms with van der Waals surface area (Å²) < 4.78 is 12.5. The van der Waals surface area contributed by atoms with Gasteiger partial charge in [0.2, 0.25) is 0 Å². The molecule has 0 saturated carbocycles. The molecule has 2 N–H and O–H groups in total. The summed E-state index contributed by atoms with van der Waals surface area (Å²) >= 11 is 9.29. The molecule has 0 aliphatic heterocycles. The van der Waals surface area contributed by atoms with Crippen LogP contribution in [0.1, 0.15) is 0 Å². The van der Waals surface area contributed by atoms with Crippen molar-refractivity contribution in [3.05, 3.63) is 23.0 Å². The molecule has 10 heavy (non-hydrogen) atoms. The maximum absolute atomic E-state index is 12.5. The number of rotatable bonds is 0. The van der Waals surface area contributed by atoms with Gasteiger partial charge in [-0.25, -0.2) is 4.39 Å². The van der Waals surface area contributed by atoms with Crippen LogP contribution in [0, 0.1) is 5.82 Å². The first-order valence-corrected chi connectivity index (χ1v) is 3.37. The molecule has 0 unspecified atom stereocenters. The molecule has 0 aliphatic carbocycles. The molecule has 0 heterocycles. The van der Waals surface area contributed by atoms with Crippen LogP contribution in [-0.4, -0.2) is 0 Å². The summed E-state index contributed by atoms with van der Waals surface area (Å²) in [6, 6.07) is 2.51. The van der Waals surface area contributed by atoms with Gasteiger partial charge >= 0.3 is 0 Å². The van der Waals surface area contributed by atoms with Crippen LogP contribution in [0.15, 0.2) is 17.0 Å². The topological polar surface area (TPSA) is 26.0 Å². The summed E-state index contributed by atoms with van der Waals surface area (Å²) in [5.74, 6) is -0.499. The Bertz CT molecular complexity index is 214. The van der Waals surface area contributed by atoms with Crippen LogP contribution in [0.5, 0.6) is 0 Å². The van der Waals surface area contributed by atoms with Crippen molar-refractivity contribution in [1.82, 2.24) is 0 Å². The zero-order chi connectivity index (χ0) is 7.72. The smallest absolute Gasteiger partial charge is 0.143 e. The molecule has 4 heteroatoms. The zero-order valence-electron chi connectivity index (χ0n) is 4.94. The molecule has 0 atom stereocenters. The van der Waals surface area contributed by atoms with E-state index in [1.807, 2.05) is 0 Å². The molecule has 1 rings (SSSR count). The number of benzene rings is 1. The molecule has 1 aromatic carbocycles. The first kappa shape index (κ1) is 7.69. The largest absolute Gasteiger partial charge is 0.398 e. The van der Waals surface area contributed by atoms with Crippen molar-refractivity contribution in [2.75, 3.05) is 5.73 Å². The van der Waals surface area contributed by atoms with Crippen molar-refractivity contribution in [3.63, 3.8) is 0 Å². The van der Waals surface area contributed by atoms with E-state index >= 15 is 0 Å². The lowest BCUT2D eigenvalue weighted by Crippen LogP contribution is -1.88. The van der Waals surface area contributed by atoms with Crippen LogP contribution in [0.3, 0.4) is 0 Å². The molecule has 0 aliphatic rings. The van der Waals surface area contributed by atoms with E-state index in [9.17, 15) is 4.39 Å². The van der Waals surface area contributed by atoms with Crippen molar-refractivity contribution < 1.29 is 4.39 Å². The number of nitrogens with two attached hydrogens (primary N) is 1. The second kappa shape index (κ2) is 2.68. The van der Waals surface area contributed by atoms with E-state index in [0.717, 1.165) is 0 Å². The Morgan fingerprint density at radius 1 is 1.50 bits per heavy atom. The molecule has 0 amide bonds. The fraction of sp³-hybridized carbons (Fsp3) is 0. The van der Waals surface area contributed by atoms with E-state index in [0.29, 0.717) is 10.6 Å². The normalized spacial score (nSPS) is 9.90. The summed E-state index contributed by atoms with van der Waals surface area (Å²) in [6.07, 6.45) is 0. The molecule has 0 spiro atoms. The first-order valence-electron chi connectivity index (χ1n) is 2.54. The summed E-state index contributed by atoms with van der Waals surface area (Å²) in [5.41, 5.74) is 5.75. The maximum atomic E-state index is 12.5. The minimum atomic E-state index is -0.499. The maximum Gasteiger partial charge on any atom is 0.143 e. The van der Waals surface area contributed by atoms with Crippen LogP contribution in [0.4, 0.5) is 10.1 Å². The molecular formula is C6H5ClFNS. The van der Waals surface area contributed by atoms with Gasteiger partial charge < -0.3 is 5.73 Å². The lowest BCUT2D eigenvalue weighted by molar-refractivity contribution is 0.625. The number of hydrogen-bond donors (Lipinski definition) is 2. The SMILES string of the molecule is Nc1cc(Cl)c(F)cc1S. The van der Waals surface area contributed by atoms with E-state index < -0.39 is 5.82 Å². The van der Waals surface area contributed by atoms with Gasteiger partial charge in [0, 0.05) is 10.6 Å². The monoisotopic (exact) mass is 177 g/mol. The fourth-order valence-electron chi connectivity index (χ4n) is 0.552. The highest BCUT2D eigenvalue weighted by molar-refractivity contribution is 7.80. The Labute approximate surface area is 68.4 Å². The number of nitrogen functional groups attached to an aromatic ring is 1. The molecule has 0 bridgehead atoms. The zero-order valence-corrected chi connectivity index (χ0v) is 6.59. The average molecular weight is 178 g/mol. The van der Waals surface area contributed by atoms with Crippen LogP contribution in [0.2, 0.25) is 5.02 Å². The highest BCUT2D eigenvalue weighted by Gasteiger charge is 2.01. The van der Waals surface area contributed by atoms with E-state index in [-0.39, 0.29) is 5.02 Å². The summed E-state index contributed by atoms with van der Waals surface area (Å²) in [4.78, 5) is 0.405. The van der Waals surface area contributed by atoms with Gasteiger partial charge in [0.1, 0.15) is 5.82 Å². The van der Waals surface area contributed by atoms with Gasteiger partial charge in [-0.1, -0.05) is 11.6 Å². The predicted octanol–water partition coefficient (Wildman–Crippen LogP) is 2.35. The number of anilines is 1. The second-order valence-corrected chi connectivity index (χ2v) is 2.71. The average Bonchev–Trinajstić information content (AvgIpc) is 1.84. The first-order chi connectivity index (χ1) is 4.61. The van der Waals surface area contributed by atoms with Gasteiger partial charge in [0.15, 0.2) is 0 Å². The highest BCUT2D eigenvalue weighted by atomic mass is 35.5. The Kier molecular flexibility index (Phi) is 2.06. The Hall–Kier alpha value is -0.410. The summed E-state index contributed by atoms with van der Waals surface area (Å²) in [7, 11) is 0. The Morgan fingerprint density at radius 2 is 2.10 bits per heavy atom. The third-order valence-corrected chi connectivity index (χ3v) is 1.75. The van der Waals surface area contributed by atoms with E-state index in [1.165, 1.54) is 12.1 Å². The lowest BCUT2D eigenvalue weighted by atomic mass is 10.3. The predicted molar refractivity (Wildman–Crippen MR) is 43.1 cm³/mol. The van der Waals surface area contributed by atoms with Crippen molar-refractivity contribution in [3.8, 4) is 0 Å². The van der Waals surface area contributed by atoms with Gasteiger partial charge in [0.25, 0.3) is 0 Å². The number of thiol groups is 1. The van der Waals surface area contributed by atoms with Crippen molar-refractivity contribution >= 4 is 29.9 Å². The third kappa shape index (κ3) is 1.36. The van der Waals surface area contributed by atoms with Crippen molar-refractivity contribution in [2.24, 2.45) is 0 Å². The minimum Gasteiger partial charge on any atom is -0.398 e. The molecule has 0 fully saturated rings. The van der Waals surface area contributed by atoms with Gasteiger partial charge in [-0.2, -0.15) is 0 Å². The van der Waals surface area contributed by atoms with Crippen molar-refractivity contribution in [1.29, 1.82) is 0 Å². The van der Waals surface area contributed by atoms with Gasteiger partial charge in [-0.05, 0) is 12.1 Å². The number of hydrogen-bond acceptors (Lipinski definition) is 2. The molecular weight excluding hydrogens is 173 g/mol. The van der Waals surface area contributed by atoms with Gasteiger partial charge in [-0.15, -0.1) is 12.6 Å². The van der Waals surface area contributed by atoms with Crippen LogP contribution in [-0.2, 0) is 0 Å².